The molecule has 1 amide bonds. The van der Waals surface area contributed by atoms with Crippen LogP contribution in [-0.4, -0.2) is 64.0 Å². The average molecular weight is 477 g/mol. The van der Waals surface area contributed by atoms with E-state index in [2.05, 4.69) is 15.1 Å². The number of H-pyrrole nitrogens is 1. The van der Waals surface area contributed by atoms with Crippen molar-refractivity contribution in [1.82, 2.24) is 20.0 Å². The standard InChI is InChI=1S/C27H32N4O4/c1-30(2)10-5-11-35-20-9-8-18-15-31(16-19(18)12-20)27(34)22-13-21-23(14-24(22)32)28-29-25(21)26(33)17-6-3-4-7-17/h8-9,12-14,17,32H,3-7,10-11,15-16H2,1-2H3,(H,28,29). The number of hydrogen-bond acceptors (Lipinski definition) is 6. The summed E-state index contributed by atoms with van der Waals surface area (Å²) in [7, 11) is 4.08. The Kier molecular flexibility index (Phi) is 6.47. The van der Waals surface area contributed by atoms with E-state index in [-0.39, 0.29) is 28.9 Å². The molecule has 0 radical (unpaired) electrons. The van der Waals surface area contributed by atoms with Crippen molar-refractivity contribution in [2.75, 3.05) is 27.2 Å². The smallest absolute Gasteiger partial charge is 0.258 e. The number of hydrogen-bond donors (Lipinski definition) is 2. The quantitative estimate of drug-likeness (QED) is 0.375. The van der Waals surface area contributed by atoms with Gasteiger partial charge in [-0.2, -0.15) is 5.10 Å². The molecule has 0 atom stereocenters. The monoisotopic (exact) mass is 476 g/mol. The number of carbonyl (C=O) groups is 2. The normalized spacial score (nSPS) is 15.8. The molecule has 2 aromatic carbocycles. The van der Waals surface area contributed by atoms with E-state index >= 15 is 0 Å². The summed E-state index contributed by atoms with van der Waals surface area (Å²) in [6.45, 7) is 2.51. The lowest BCUT2D eigenvalue weighted by molar-refractivity contribution is 0.0748. The fourth-order valence-corrected chi connectivity index (χ4v) is 5.14. The molecule has 0 bridgehead atoms. The van der Waals surface area contributed by atoms with Gasteiger partial charge in [-0.15, -0.1) is 0 Å². The molecule has 1 saturated carbocycles. The first-order chi connectivity index (χ1) is 16.9. The highest BCUT2D eigenvalue weighted by molar-refractivity contribution is 6.10. The molecule has 1 fully saturated rings. The third-order valence-electron chi connectivity index (χ3n) is 7.07. The van der Waals surface area contributed by atoms with Gasteiger partial charge in [0, 0.05) is 37.0 Å². The summed E-state index contributed by atoms with van der Waals surface area (Å²) in [4.78, 5) is 30.2. The van der Waals surface area contributed by atoms with Crippen molar-refractivity contribution in [3.05, 3.63) is 52.7 Å². The Labute approximate surface area is 204 Å². The van der Waals surface area contributed by atoms with Crippen LogP contribution in [0.3, 0.4) is 0 Å². The Bertz CT molecular complexity index is 1260. The number of aromatic nitrogens is 2. The fourth-order valence-electron chi connectivity index (χ4n) is 5.14. The zero-order valence-corrected chi connectivity index (χ0v) is 20.3. The molecule has 2 heterocycles. The van der Waals surface area contributed by atoms with E-state index in [4.69, 9.17) is 4.74 Å². The second-order valence-electron chi connectivity index (χ2n) is 9.93. The molecule has 5 rings (SSSR count). The lowest BCUT2D eigenvalue weighted by atomic mass is 9.97. The molecule has 2 aliphatic rings. The molecular weight excluding hydrogens is 444 g/mol. The summed E-state index contributed by atoms with van der Waals surface area (Å²) in [5, 5.41) is 18.3. The van der Waals surface area contributed by atoms with Crippen LogP contribution < -0.4 is 4.74 Å². The molecule has 3 aromatic rings. The Hall–Kier alpha value is -3.39. The minimum absolute atomic E-state index is 0.0122. The number of fused-ring (bicyclic) bond motifs is 2. The first kappa shape index (κ1) is 23.4. The minimum atomic E-state index is -0.269. The molecule has 1 aliphatic heterocycles. The molecule has 0 spiro atoms. The molecule has 35 heavy (non-hydrogen) atoms. The SMILES string of the molecule is CN(C)CCCOc1ccc2c(c1)CN(C(=O)c1cc3c(C(=O)C4CCCC4)n[nH]c3cc1O)C2. The van der Waals surface area contributed by atoms with Crippen LogP contribution >= 0.6 is 0 Å². The average Bonchev–Trinajstić information content (AvgIpc) is 3.59. The number of benzene rings is 2. The van der Waals surface area contributed by atoms with Crippen LogP contribution in [0, 0.1) is 5.92 Å². The molecule has 8 nitrogen and oxygen atoms in total. The number of aromatic amines is 1. The molecule has 184 valence electrons. The van der Waals surface area contributed by atoms with E-state index in [0.717, 1.165) is 55.5 Å². The van der Waals surface area contributed by atoms with Crippen molar-refractivity contribution in [2.45, 2.75) is 45.2 Å². The van der Waals surface area contributed by atoms with Crippen molar-refractivity contribution in [1.29, 1.82) is 0 Å². The zero-order valence-electron chi connectivity index (χ0n) is 20.3. The van der Waals surface area contributed by atoms with Crippen molar-refractivity contribution in [2.24, 2.45) is 5.92 Å². The number of carbonyl (C=O) groups excluding carboxylic acids is 2. The van der Waals surface area contributed by atoms with Crippen LogP contribution in [0.25, 0.3) is 10.9 Å². The van der Waals surface area contributed by atoms with Crippen LogP contribution in [0.2, 0.25) is 0 Å². The molecule has 8 heteroatoms. The van der Waals surface area contributed by atoms with Gasteiger partial charge in [0.15, 0.2) is 5.78 Å². The number of amides is 1. The number of phenolic OH excluding ortho intramolecular Hbond substituents is 1. The van der Waals surface area contributed by atoms with Gasteiger partial charge < -0.3 is 19.6 Å². The van der Waals surface area contributed by atoms with Crippen LogP contribution in [0.15, 0.2) is 30.3 Å². The number of rotatable bonds is 8. The van der Waals surface area contributed by atoms with Gasteiger partial charge in [-0.25, -0.2) is 0 Å². The number of ether oxygens (including phenoxy) is 1. The van der Waals surface area contributed by atoms with E-state index in [1.54, 1.807) is 11.0 Å². The minimum Gasteiger partial charge on any atom is -0.507 e. The molecule has 0 saturated heterocycles. The fraction of sp³-hybridized carbons (Fsp3) is 0.444. The largest absolute Gasteiger partial charge is 0.507 e. The summed E-state index contributed by atoms with van der Waals surface area (Å²) in [6.07, 6.45) is 4.81. The topological polar surface area (TPSA) is 98.8 Å². The Morgan fingerprint density at radius 2 is 1.91 bits per heavy atom. The first-order valence-electron chi connectivity index (χ1n) is 12.3. The molecule has 0 unspecified atom stereocenters. The van der Waals surface area contributed by atoms with Crippen molar-refractivity contribution >= 4 is 22.6 Å². The summed E-state index contributed by atoms with van der Waals surface area (Å²) in [5.41, 5.74) is 3.22. The third-order valence-corrected chi connectivity index (χ3v) is 7.07. The van der Waals surface area contributed by atoms with Crippen LogP contribution in [0.4, 0.5) is 0 Å². The van der Waals surface area contributed by atoms with E-state index in [1.165, 1.54) is 6.07 Å². The molecule has 1 aromatic heterocycles. The lowest BCUT2D eigenvalue weighted by Crippen LogP contribution is -2.25. The highest BCUT2D eigenvalue weighted by atomic mass is 16.5. The zero-order chi connectivity index (χ0) is 24.5. The number of phenols is 1. The maximum absolute atomic E-state index is 13.4. The van der Waals surface area contributed by atoms with Gasteiger partial charge >= 0.3 is 0 Å². The van der Waals surface area contributed by atoms with Gasteiger partial charge in [-0.05, 0) is 62.7 Å². The Balaban J connectivity index is 1.32. The van der Waals surface area contributed by atoms with E-state index in [1.807, 2.05) is 32.3 Å². The van der Waals surface area contributed by atoms with Gasteiger partial charge in [0.25, 0.3) is 5.91 Å². The number of nitrogens with zero attached hydrogens (tertiary/aromatic N) is 3. The van der Waals surface area contributed by atoms with Crippen molar-refractivity contribution in [3.63, 3.8) is 0 Å². The number of nitrogens with one attached hydrogen (secondary N) is 1. The van der Waals surface area contributed by atoms with E-state index < -0.39 is 0 Å². The molecular formula is C27H32N4O4. The predicted octanol–water partition coefficient (Wildman–Crippen LogP) is 4.13. The molecule has 1 aliphatic carbocycles. The maximum Gasteiger partial charge on any atom is 0.258 e. The maximum atomic E-state index is 13.4. The lowest BCUT2D eigenvalue weighted by Gasteiger charge is -2.16. The van der Waals surface area contributed by atoms with E-state index in [0.29, 0.717) is 36.3 Å². The Morgan fingerprint density at radius 3 is 2.69 bits per heavy atom. The van der Waals surface area contributed by atoms with Crippen molar-refractivity contribution in [3.8, 4) is 11.5 Å². The van der Waals surface area contributed by atoms with Crippen LogP contribution in [0.1, 0.15) is 64.1 Å². The van der Waals surface area contributed by atoms with Gasteiger partial charge in [0.1, 0.15) is 17.2 Å². The van der Waals surface area contributed by atoms with Gasteiger partial charge in [-0.3, -0.25) is 14.7 Å². The second kappa shape index (κ2) is 9.70. The van der Waals surface area contributed by atoms with Gasteiger partial charge in [-0.1, -0.05) is 18.9 Å². The second-order valence-corrected chi connectivity index (χ2v) is 9.93. The van der Waals surface area contributed by atoms with Crippen LogP contribution in [0.5, 0.6) is 11.5 Å². The van der Waals surface area contributed by atoms with Gasteiger partial charge in [0.05, 0.1) is 17.7 Å². The highest BCUT2D eigenvalue weighted by Gasteiger charge is 2.30. The predicted molar refractivity (Wildman–Crippen MR) is 133 cm³/mol. The van der Waals surface area contributed by atoms with E-state index in [9.17, 15) is 14.7 Å². The summed E-state index contributed by atoms with van der Waals surface area (Å²) in [5.74, 6) is 0.419. The number of ketones is 1. The first-order valence-corrected chi connectivity index (χ1v) is 12.3. The van der Waals surface area contributed by atoms with Crippen molar-refractivity contribution < 1.29 is 19.4 Å². The number of aromatic hydroxyl groups is 1. The summed E-state index contributed by atoms with van der Waals surface area (Å²) < 4.78 is 5.89. The van der Waals surface area contributed by atoms with Gasteiger partial charge in [0.2, 0.25) is 0 Å². The summed E-state index contributed by atoms with van der Waals surface area (Å²) >= 11 is 0. The Morgan fingerprint density at radius 1 is 1.14 bits per heavy atom. The molecule has 2 N–H and O–H groups in total. The summed E-state index contributed by atoms with van der Waals surface area (Å²) in [6, 6.07) is 9.04. The number of Topliss-reactive ketones (excluding diaryl/α,β-unsaturated/α-hetero) is 1. The third kappa shape index (κ3) is 4.75. The highest BCUT2D eigenvalue weighted by Crippen LogP contribution is 2.34. The van der Waals surface area contributed by atoms with Crippen LogP contribution in [-0.2, 0) is 13.1 Å².